The molecule has 1 heterocycles. The third-order valence-electron chi connectivity index (χ3n) is 4.00. The van der Waals surface area contributed by atoms with E-state index in [1.165, 1.54) is 20.3 Å². The Morgan fingerprint density at radius 3 is 2.48 bits per heavy atom. The summed E-state index contributed by atoms with van der Waals surface area (Å²) in [5, 5.41) is 11.7. The molecular formula is C19H16N2O6. The van der Waals surface area contributed by atoms with Crippen LogP contribution in [0.4, 0.5) is 5.69 Å². The number of carbonyl (C=O) groups is 1. The van der Waals surface area contributed by atoms with Gasteiger partial charge in [-0.1, -0.05) is 18.2 Å². The van der Waals surface area contributed by atoms with Gasteiger partial charge in [0.25, 0.3) is 0 Å². The van der Waals surface area contributed by atoms with Crippen LogP contribution >= 0.6 is 0 Å². The molecule has 1 aliphatic rings. The van der Waals surface area contributed by atoms with Crippen LogP contribution in [0.15, 0.2) is 47.1 Å². The van der Waals surface area contributed by atoms with Crippen LogP contribution in [-0.4, -0.2) is 31.0 Å². The van der Waals surface area contributed by atoms with Crippen molar-refractivity contribution in [1.29, 1.82) is 0 Å². The van der Waals surface area contributed by atoms with Crippen LogP contribution in [0.25, 0.3) is 6.08 Å². The first-order valence-electron chi connectivity index (χ1n) is 7.94. The van der Waals surface area contributed by atoms with Crippen molar-refractivity contribution in [3.63, 3.8) is 0 Å². The average Bonchev–Trinajstić information content (AvgIpc) is 3.03. The molecule has 0 N–H and O–H groups in total. The molecule has 27 heavy (non-hydrogen) atoms. The molecule has 2 aromatic rings. The molecule has 0 radical (unpaired) electrons. The van der Waals surface area contributed by atoms with Gasteiger partial charge in [0.05, 0.1) is 24.7 Å². The van der Waals surface area contributed by atoms with Gasteiger partial charge >= 0.3 is 11.7 Å². The van der Waals surface area contributed by atoms with Gasteiger partial charge in [-0.15, -0.1) is 0 Å². The number of aliphatic imine (C=N–C) groups is 1. The Balaban J connectivity index is 2.15. The summed E-state index contributed by atoms with van der Waals surface area (Å²) in [6.07, 6.45) is 1.33. The topological polar surface area (TPSA) is 100 Å². The van der Waals surface area contributed by atoms with Crippen molar-refractivity contribution in [3.8, 4) is 11.5 Å². The van der Waals surface area contributed by atoms with E-state index in [4.69, 9.17) is 14.2 Å². The lowest BCUT2D eigenvalue weighted by molar-refractivity contribution is -0.386. The molecule has 1 aliphatic heterocycles. The van der Waals surface area contributed by atoms with Crippen molar-refractivity contribution < 1.29 is 23.9 Å². The van der Waals surface area contributed by atoms with E-state index in [0.29, 0.717) is 11.1 Å². The molecule has 0 atom stereocenters. The summed E-state index contributed by atoms with van der Waals surface area (Å²) < 4.78 is 15.5. The number of esters is 1. The Morgan fingerprint density at radius 1 is 1.19 bits per heavy atom. The molecule has 0 aromatic heterocycles. The molecule has 0 fully saturated rings. The molecule has 3 rings (SSSR count). The van der Waals surface area contributed by atoms with Crippen molar-refractivity contribution >= 4 is 23.6 Å². The normalized spacial score (nSPS) is 14.7. The van der Waals surface area contributed by atoms with Crippen molar-refractivity contribution in [1.82, 2.24) is 0 Å². The fraction of sp³-hybridized carbons (Fsp3) is 0.158. The number of rotatable bonds is 5. The number of methoxy groups -OCH3 is 2. The summed E-state index contributed by atoms with van der Waals surface area (Å²) in [6, 6.07) is 10.5. The summed E-state index contributed by atoms with van der Waals surface area (Å²) in [5.41, 5.74) is 1.02. The zero-order valence-corrected chi connectivity index (χ0v) is 14.9. The third kappa shape index (κ3) is 3.37. The number of cyclic esters (lactones) is 1. The fourth-order valence-electron chi connectivity index (χ4n) is 2.73. The van der Waals surface area contributed by atoms with E-state index in [9.17, 15) is 14.9 Å². The van der Waals surface area contributed by atoms with E-state index in [1.807, 2.05) is 6.07 Å². The monoisotopic (exact) mass is 368 g/mol. The summed E-state index contributed by atoms with van der Waals surface area (Å²) in [5.74, 6) is -0.338. The summed E-state index contributed by atoms with van der Waals surface area (Å²) in [7, 11) is 2.70. The third-order valence-corrected chi connectivity index (χ3v) is 4.00. The van der Waals surface area contributed by atoms with Gasteiger partial charge in [-0.2, -0.15) is 0 Å². The molecule has 0 saturated heterocycles. The molecule has 0 amide bonds. The van der Waals surface area contributed by atoms with Crippen molar-refractivity contribution in [2.75, 3.05) is 14.2 Å². The highest BCUT2D eigenvalue weighted by Gasteiger charge is 2.30. The molecule has 0 unspecified atom stereocenters. The van der Waals surface area contributed by atoms with Crippen LogP contribution < -0.4 is 9.47 Å². The highest BCUT2D eigenvalue weighted by atomic mass is 16.6. The van der Waals surface area contributed by atoms with E-state index < -0.39 is 10.9 Å². The van der Waals surface area contributed by atoms with Gasteiger partial charge in [-0.3, -0.25) is 10.1 Å². The molecule has 8 heteroatoms. The lowest BCUT2D eigenvalue weighted by Gasteiger charge is -2.12. The minimum Gasteiger partial charge on any atom is -0.493 e. The van der Waals surface area contributed by atoms with Crippen LogP contribution in [0.2, 0.25) is 0 Å². The number of hydrogen-bond acceptors (Lipinski definition) is 7. The minimum atomic E-state index is -0.683. The van der Waals surface area contributed by atoms with Crippen LogP contribution in [0, 0.1) is 17.0 Å². The Kier molecular flexibility index (Phi) is 4.89. The molecular weight excluding hydrogens is 352 g/mol. The van der Waals surface area contributed by atoms with Crippen LogP contribution in [0.3, 0.4) is 0 Å². The average molecular weight is 368 g/mol. The van der Waals surface area contributed by atoms with Gasteiger partial charge in [0.1, 0.15) is 0 Å². The minimum absolute atomic E-state index is 0.0291. The number of nitrogens with zero attached hydrogens (tertiary/aromatic N) is 2. The molecule has 2 aromatic carbocycles. The fourth-order valence-corrected chi connectivity index (χ4v) is 2.73. The Bertz CT molecular complexity index is 979. The zero-order chi connectivity index (χ0) is 19.6. The quantitative estimate of drug-likeness (QED) is 0.347. The van der Waals surface area contributed by atoms with Gasteiger partial charge in [-0.05, 0) is 36.8 Å². The second-order valence-corrected chi connectivity index (χ2v) is 5.65. The van der Waals surface area contributed by atoms with Crippen LogP contribution in [0.1, 0.15) is 16.7 Å². The predicted molar refractivity (Wildman–Crippen MR) is 98.0 cm³/mol. The maximum absolute atomic E-state index is 12.2. The van der Waals surface area contributed by atoms with E-state index in [2.05, 4.69) is 4.99 Å². The Labute approximate surface area is 154 Å². The number of ether oxygens (including phenoxy) is 3. The number of aryl methyl sites for hydroxylation is 1. The van der Waals surface area contributed by atoms with Gasteiger partial charge < -0.3 is 14.2 Å². The largest absolute Gasteiger partial charge is 0.493 e. The molecule has 138 valence electrons. The van der Waals surface area contributed by atoms with Gasteiger partial charge in [0.2, 0.25) is 11.6 Å². The lowest BCUT2D eigenvalue weighted by Crippen LogP contribution is -2.05. The maximum Gasteiger partial charge on any atom is 0.363 e. The molecule has 8 nitrogen and oxygen atoms in total. The van der Waals surface area contributed by atoms with Crippen LogP contribution in [0.5, 0.6) is 11.5 Å². The molecule has 0 saturated carbocycles. The van der Waals surface area contributed by atoms with E-state index in [-0.39, 0.29) is 34.3 Å². The SMILES string of the molecule is COc1cc(C)c(C=C2N=C(c3ccccc3)OC2=O)c([N+](=O)[O-])c1OC. The molecule has 0 bridgehead atoms. The van der Waals surface area contributed by atoms with Gasteiger partial charge in [-0.25, -0.2) is 9.79 Å². The summed E-state index contributed by atoms with van der Waals surface area (Å²) in [4.78, 5) is 27.5. The number of nitro benzene ring substituents is 1. The van der Waals surface area contributed by atoms with E-state index >= 15 is 0 Å². The number of hydrogen-bond donors (Lipinski definition) is 0. The zero-order valence-electron chi connectivity index (χ0n) is 14.9. The predicted octanol–water partition coefficient (Wildman–Crippen LogP) is 3.26. The maximum atomic E-state index is 12.2. The standard InChI is InChI=1S/C19H16N2O6/c1-11-9-15(25-2)17(26-3)16(21(23)24)13(11)10-14-19(22)27-18(20-14)12-7-5-4-6-8-12/h4-10H,1-3H3. The van der Waals surface area contributed by atoms with Crippen molar-refractivity contribution in [2.45, 2.75) is 6.92 Å². The first-order valence-corrected chi connectivity index (χ1v) is 7.94. The number of nitro groups is 1. The van der Waals surface area contributed by atoms with E-state index in [0.717, 1.165) is 0 Å². The highest BCUT2D eigenvalue weighted by Crippen LogP contribution is 2.42. The Morgan fingerprint density at radius 2 is 1.89 bits per heavy atom. The second-order valence-electron chi connectivity index (χ2n) is 5.65. The Hall–Kier alpha value is -3.68. The first-order chi connectivity index (χ1) is 13.0. The smallest absolute Gasteiger partial charge is 0.363 e. The second kappa shape index (κ2) is 7.28. The molecule has 0 spiro atoms. The first kappa shape index (κ1) is 18.1. The van der Waals surface area contributed by atoms with Crippen molar-refractivity contribution in [2.24, 2.45) is 4.99 Å². The van der Waals surface area contributed by atoms with E-state index in [1.54, 1.807) is 37.3 Å². The van der Waals surface area contributed by atoms with Gasteiger partial charge in [0, 0.05) is 5.56 Å². The molecule has 0 aliphatic carbocycles. The van der Waals surface area contributed by atoms with Crippen LogP contribution in [-0.2, 0) is 9.53 Å². The summed E-state index contributed by atoms with van der Waals surface area (Å²) in [6.45, 7) is 1.67. The number of carbonyl (C=O) groups excluding carboxylic acids is 1. The lowest BCUT2D eigenvalue weighted by atomic mass is 10.0. The van der Waals surface area contributed by atoms with Crippen molar-refractivity contribution in [3.05, 3.63) is 68.9 Å². The summed E-state index contributed by atoms with van der Waals surface area (Å²) >= 11 is 0. The highest BCUT2D eigenvalue weighted by molar-refractivity contribution is 6.13. The number of benzene rings is 2. The van der Waals surface area contributed by atoms with Gasteiger partial charge in [0.15, 0.2) is 11.4 Å².